The Bertz CT molecular complexity index is 909. The van der Waals surface area contributed by atoms with E-state index < -0.39 is 5.97 Å². The number of esters is 1. The number of benzene rings is 2. The molecule has 28 heavy (non-hydrogen) atoms. The molecule has 0 unspecified atom stereocenters. The van der Waals surface area contributed by atoms with Crippen LogP contribution < -0.4 is 15.0 Å². The predicted octanol–water partition coefficient (Wildman–Crippen LogP) is 2.79. The number of nitrogens with one attached hydrogen (secondary N) is 1. The summed E-state index contributed by atoms with van der Waals surface area (Å²) in [6.07, 6.45) is 0.760. The zero-order valence-electron chi connectivity index (χ0n) is 15.9. The number of carbonyl (C=O) groups is 3. The number of ether oxygens (including phenoxy) is 2. The number of hydrogen-bond donors (Lipinski definition) is 1. The maximum Gasteiger partial charge on any atom is 0.338 e. The van der Waals surface area contributed by atoms with Gasteiger partial charge in [0, 0.05) is 24.8 Å². The molecular formula is C21H22N2O5. The fraction of sp³-hybridized carbons (Fsp3) is 0.286. The van der Waals surface area contributed by atoms with Crippen molar-refractivity contribution >= 4 is 29.2 Å². The van der Waals surface area contributed by atoms with Gasteiger partial charge < -0.3 is 19.7 Å². The van der Waals surface area contributed by atoms with Gasteiger partial charge in [-0.1, -0.05) is 6.07 Å². The summed E-state index contributed by atoms with van der Waals surface area (Å²) in [7, 11) is 0. The van der Waals surface area contributed by atoms with Crippen LogP contribution in [0.25, 0.3) is 0 Å². The number of nitrogens with zero attached hydrogens (tertiary/aromatic N) is 1. The summed E-state index contributed by atoms with van der Waals surface area (Å²) in [5.74, 6) is -0.334. The Hall–Kier alpha value is -3.35. The van der Waals surface area contributed by atoms with Gasteiger partial charge in [-0.05, 0) is 55.3 Å². The average molecular weight is 382 g/mol. The van der Waals surface area contributed by atoms with Crippen molar-refractivity contribution < 1.29 is 23.9 Å². The molecule has 0 bridgehead atoms. The van der Waals surface area contributed by atoms with Crippen molar-refractivity contribution in [1.82, 2.24) is 0 Å². The summed E-state index contributed by atoms with van der Waals surface area (Å²) in [5.41, 5.74) is 2.93. The Morgan fingerprint density at radius 3 is 2.71 bits per heavy atom. The molecule has 2 aromatic carbocycles. The highest BCUT2D eigenvalue weighted by molar-refractivity contribution is 5.96. The first-order valence-corrected chi connectivity index (χ1v) is 9.09. The number of carbonyl (C=O) groups excluding carboxylic acids is 3. The highest BCUT2D eigenvalue weighted by atomic mass is 16.5. The smallest absolute Gasteiger partial charge is 0.338 e. The molecule has 1 heterocycles. The minimum Gasteiger partial charge on any atom is -0.484 e. The molecule has 7 heteroatoms. The van der Waals surface area contributed by atoms with Crippen LogP contribution >= 0.6 is 0 Å². The molecule has 0 saturated carbocycles. The molecule has 7 nitrogen and oxygen atoms in total. The highest BCUT2D eigenvalue weighted by Crippen LogP contribution is 2.30. The first-order chi connectivity index (χ1) is 13.5. The Kier molecular flexibility index (Phi) is 5.93. The molecule has 2 aromatic rings. The van der Waals surface area contributed by atoms with Gasteiger partial charge in [-0.3, -0.25) is 9.59 Å². The van der Waals surface area contributed by atoms with Crippen LogP contribution in [-0.4, -0.2) is 37.5 Å². The Morgan fingerprint density at radius 2 is 1.96 bits per heavy atom. The molecule has 0 fully saturated rings. The van der Waals surface area contributed by atoms with E-state index in [9.17, 15) is 14.4 Å². The third-order valence-corrected chi connectivity index (χ3v) is 4.35. The fourth-order valence-corrected chi connectivity index (χ4v) is 3.08. The molecule has 2 amide bonds. The van der Waals surface area contributed by atoms with Crippen molar-refractivity contribution in [3.8, 4) is 5.75 Å². The number of fused-ring (bicyclic) bond motifs is 1. The minimum absolute atomic E-state index is 0.00832. The van der Waals surface area contributed by atoms with Gasteiger partial charge in [0.05, 0.1) is 12.2 Å². The molecule has 1 aliphatic heterocycles. The van der Waals surface area contributed by atoms with Crippen LogP contribution in [0, 0.1) is 0 Å². The van der Waals surface area contributed by atoms with Crippen molar-refractivity contribution in [2.45, 2.75) is 20.3 Å². The van der Waals surface area contributed by atoms with Gasteiger partial charge in [-0.25, -0.2) is 4.79 Å². The van der Waals surface area contributed by atoms with E-state index in [0.717, 1.165) is 17.7 Å². The molecule has 0 aromatic heterocycles. The standard InChI is InChI=1S/C21H22N2O5/c1-3-27-21(26)16-5-4-6-18(12-16)28-13-20(25)22-17-7-8-19-15(11-17)9-10-23(19)14(2)24/h4-8,11-12H,3,9-10,13H2,1-2H3,(H,22,25). The molecule has 3 rings (SSSR count). The number of rotatable bonds is 6. The zero-order chi connectivity index (χ0) is 20.1. The number of hydrogen-bond acceptors (Lipinski definition) is 5. The van der Waals surface area contributed by atoms with Gasteiger partial charge in [0.25, 0.3) is 5.91 Å². The average Bonchev–Trinajstić information content (AvgIpc) is 3.10. The second-order valence-corrected chi connectivity index (χ2v) is 6.35. The molecule has 0 atom stereocenters. The van der Waals surface area contributed by atoms with Crippen LogP contribution in [0.5, 0.6) is 5.75 Å². The molecule has 0 aliphatic carbocycles. The molecule has 1 N–H and O–H groups in total. The van der Waals surface area contributed by atoms with E-state index in [-0.39, 0.29) is 25.0 Å². The first kappa shape index (κ1) is 19.4. The van der Waals surface area contributed by atoms with E-state index in [1.165, 1.54) is 6.07 Å². The van der Waals surface area contributed by atoms with Crippen LogP contribution in [0.1, 0.15) is 29.8 Å². The van der Waals surface area contributed by atoms with E-state index in [4.69, 9.17) is 9.47 Å². The lowest BCUT2D eigenvalue weighted by Crippen LogP contribution is -2.25. The van der Waals surface area contributed by atoms with Gasteiger partial charge in [0.15, 0.2) is 6.61 Å². The molecule has 146 valence electrons. The minimum atomic E-state index is -0.435. The van der Waals surface area contributed by atoms with E-state index in [2.05, 4.69) is 5.32 Å². The van der Waals surface area contributed by atoms with E-state index in [1.54, 1.807) is 43.0 Å². The third kappa shape index (κ3) is 4.49. The summed E-state index contributed by atoms with van der Waals surface area (Å²) in [6.45, 7) is 4.03. The van der Waals surface area contributed by atoms with Gasteiger partial charge in [0.2, 0.25) is 5.91 Å². The van der Waals surface area contributed by atoms with Gasteiger partial charge in [0.1, 0.15) is 5.75 Å². The Balaban J connectivity index is 1.58. The van der Waals surface area contributed by atoms with E-state index >= 15 is 0 Å². The van der Waals surface area contributed by atoms with E-state index in [1.807, 2.05) is 12.1 Å². The van der Waals surface area contributed by atoms with Crippen LogP contribution in [0.3, 0.4) is 0 Å². The van der Waals surface area contributed by atoms with Crippen molar-refractivity contribution in [2.24, 2.45) is 0 Å². The number of anilines is 2. The second kappa shape index (κ2) is 8.56. The lowest BCUT2D eigenvalue weighted by molar-refractivity contribution is -0.118. The summed E-state index contributed by atoms with van der Waals surface area (Å²) < 4.78 is 10.4. The third-order valence-electron chi connectivity index (χ3n) is 4.35. The maximum absolute atomic E-state index is 12.2. The monoisotopic (exact) mass is 382 g/mol. The Labute approximate surface area is 163 Å². The quantitative estimate of drug-likeness (QED) is 0.777. The summed E-state index contributed by atoms with van der Waals surface area (Å²) in [4.78, 5) is 37.3. The van der Waals surface area contributed by atoms with Crippen molar-refractivity contribution in [2.75, 3.05) is 30.0 Å². The van der Waals surface area contributed by atoms with Crippen LogP contribution in [-0.2, 0) is 20.7 Å². The molecular weight excluding hydrogens is 360 g/mol. The summed E-state index contributed by atoms with van der Waals surface area (Å²) in [5, 5.41) is 2.78. The van der Waals surface area contributed by atoms with Crippen molar-refractivity contribution in [3.05, 3.63) is 53.6 Å². The topological polar surface area (TPSA) is 84.9 Å². The van der Waals surface area contributed by atoms with Gasteiger partial charge in [-0.15, -0.1) is 0 Å². The number of amides is 2. The predicted molar refractivity (Wildman–Crippen MR) is 105 cm³/mol. The normalized spacial score (nSPS) is 12.3. The SMILES string of the molecule is CCOC(=O)c1cccc(OCC(=O)Nc2ccc3c(c2)CCN3C(C)=O)c1. The lowest BCUT2D eigenvalue weighted by Gasteiger charge is -2.15. The lowest BCUT2D eigenvalue weighted by atomic mass is 10.1. The summed E-state index contributed by atoms with van der Waals surface area (Å²) >= 11 is 0. The first-order valence-electron chi connectivity index (χ1n) is 9.09. The summed E-state index contributed by atoms with van der Waals surface area (Å²) in [6, 6.07) is 12.0. The van der Waals surface area contributed by atoms with Crippen LogP contribution in [0.2, 0.25) is 0 Å². The molecule has 0 radical (unpaired) electrons. The van der Waals surface area contributed by atoms with Gasteiger partial charge >= 0.3 is 5.97 Å². The highest BCUT2D eigenvalue weighted by Gasteiger charge is 2.22. The fourth-order valence-electron chi connectivity index (χ4n) is 3.08. The van der Waals surface area contributed by atoms with Crippen LogP contribution in [0.15, 0.2) is 42.5 Å². The van der Waals surface area contributed by atoms with Crippen molar-refractivity contribution in [1.29, 1.82) is 0 Å². The molecule has 0 saturated heterocycles. The van der Waals surface area contributed by atoms with Crippen molar-refractivity contribution in [3.63, 3.8) is 0 Å². The second-order valence-electron chi connectivity index (χ2n) is 6.35. The zero-order valence-corrected chi connectivity index (χ0v) is 15.9. The largest absolute Gasteiger partial charge is 0.484 e. The maximum atomic E-state index is 12.2. The molecule has 1 aliphatic rings. The van der Waals surface area contributed by atoms with Gasteiger partial charge in [-0.2, -0.15) is 0 Å². The van der Waals surface area contributed by atoms with Crippen LogP contribution in [0.4, 0.5) is 11.4 Å². The van der Waals surface area contributed by atoms with E-state index in [0.29, 0.717) is 23.5 Å². The Morgan fingerprint density at radius 1 is 1.14 bits per heavy atom. The molecule has 0 spiro atoms.